The van der Waals surface area contributed by atoms with E-state index in [9.17, 15) is 4.79 Å². The maximum atomic E-state index is 12.5. The summed E-state index contributed by atoms with van der Waals surface area (Å²) >= 11 is 7.83. The molecule has 0 radical (unpaired) electrons. The van der Waals surface area contributed by atoms with E-state index in [1.165, 1.54) is 0 Å². The Kier molecular flexibility index (Phi) is 5.40. The molecule has 1 fully saturated rings. The minimum Gasteiger partial charge on any atom is -0.367 e. The van der Waals surface area contributed by atoms with Gasteiger partial charge in [0.2, 0.25) is 17.6 Å². The Balaban J connectivity index is 1.28. The molecule has 1 aliphatic rings. The Hall–Kier alpha value is -2.38. The van der Waals surface area contributed by atoms with E-state index in [0.717, 1.165) is 28.7 Å². The van der Waals surface area contributed by atoms with Crippen LogP contribution in [0.1, 0.15) is 12.3 Å². The van der Waals surface area contributed by atoms with Gasteiger partial charge < -0.3 is 14.3 Å². The van der Waals surface area contributed by atoms with Crippen molar-refractivity contribution in [2.45, 2.75) is 12.8 Å². The van der Waals surface area contributed by atoms with Crippen LogP contribution in [-0.2, 0) is 11.2 Å². The number of halogens is 1. The average molecular weight is 403 g/mol. The Morgan fingerprint density at radius 3 is 2.70 bits per heavy atom. The van der Waals surface area contributed by atoms with Crippen molar-refractivity contribution in [3.63, 3.8) is 0 Å². The number of carbonyl (C=O) groups is 1. The zero-order valence-corrected chi connectivity index (χ0v) is 16.2. The van der Waals surface area contributed by atoms with Gasteiger partial charge in [-0.1, -0.05) is 35.0 Å². The lowest BCUT2D eigenvalue weighted by Crippen LogP contribution is -2.48. The van der Waals surface area contributed by atoms with Crippen LogP contribution in [0.25, 0.3) is 10.7 Å². The highest BCUT2D eigenvalue weighted by atomic mass is 35.5. The SMILES string of the molecule is O=C(CCc1nc(-c2cccs2)no1)N1CCN(c2ccccc2Cl)CC1. The van der Waals surface area contributed by atoms with E-state index in [1.807, 2.05) is 46.7 Å². The monoisotopic (exact) mass is 402 g/mol. The summed E-state index contributed by atoms with van der Waals surface area (Å²) in [6.07, 6.45) is 0.833. The molecule has 8 heteroatoms. The number of nitrogens with zero attached hydrogens (tertiary/aromatic N) is 4. The molecule has 3 aromatic rings. The Morgan fingerprint density at radius 1 is 1.15 bits per heavy atom. The molecule has 0 saturated carbocycles. The van der Waals surface area contributed by atoms with Gasteiger partial charge in [0.25, 0.3) is 0 Å². The van der Waals surface area contributed by atoms with Crippen LogP contribution in [0.5, 0.6) is 0 Å². The molecule has 4 rings (SSSR count). The molecule has 6 nitrogen and oxygen atoms in total. The number of thiophene rings is 1. The maximum Gasteiger partial charge on any atom is 0.227 e. The summed E-state index contributed by atoms with van der Waals surface area (Å²) in [6, 6.07) is 11.7. The predicted octanol–water partition coefficient (Wildman–Crippen LogP) is 3.73. The number of rotatable bonds is 5. The van der Waals surface area contributed by atoms with Gasteiger partial charge in [-0.3, -0.25) is 4.79 Å². The first-order chi connectivity index (χ1) is 13.2. The van der Waals surface area contributed by atoms with Gasteiger partial charge in [-0.15, -0.1) is 11.3 Å². The predicted molar refractivity (Wildman–Crippen MR) is 106 cm³/mol. The lowest BCUT2D eigenvalue weighted by molar-refractivity contribution is -0.131. The molecule has 1 amide bonds. The van der Waals surface area contributed by atoms with Crippen LogP contribution >= 0.6 is 22.9 Å². The van der Waals surface area contributed by atoms with Gasteiger partial charge in [0, 0.05) is 39.0 Å². The molecule has 1 aliphatic heterocycles. The summed E-state index contributed by atoms with van der Waals surface area (Å²) in [5.41, 5.74) is 1.03. The van der Waals surface area contributed by atoms with Crippen LogP contribution < -0.4 is 4.90 Å². The number of hydrogen-bond donors (Lipinski definition) is 0. The molecule has 2 aromatic heterocycles. The molecule has 140 valence electrons. The number of amides is 1. The van der Waals surface area contributed by atoms with Crippen molar-refractivity contribution >= 4 is 34.5 Å². The summed E-state index contributed by atoms with van der Waals surface area (Å²) in [5, 5.41) is 6.70. The molecular formula is C19H19ClN4O2S. The largest absolute Gasteiger partial charge is 0.367 e. The highest BCUT2D eigenvalue weighted by Gasteiger charge is 2.22. The third-order valence-corrected chi connectivity index (χ3v) is 5.77. The molecule has 0 spiro atoms. The van der Waals surface area contributed by atoms with Crippen LogP contribution in [0.4, 0.5) is 5.69 Å². The Labute approximate surface area is 166 Å². The first-order valence-electron chi connectivity index (χ1n) is 8.84. The normalized spacial score (nSPS) is 14.6. The number of piperazine rings is 1. The fourth-order valence-electron chi connectivity index (χ4n) is 3.14. The van der Waals surface area contributed by atoms with Crippen molar-refractivity contribution in [2.75, 3.05) is 31.1 Å². The first-order valence-corrected chi connectivity index (χ1v) is 10.1. The fourth-order valence-corrected chi connectivity index (χ4v) is 4.04. The number of anilines is 1. The van der Waals surface area contributed by atoms with Gasteiger partial charge in [-0.25, -0.2) is 0 Å². The maximum absolute atomic E-state index is 12.5. The lowest BCUT2D eigenvalue weighted by atomic mass is 10.2. The van der Waals surface area contributed by atoms with E-state index < -0.39 is 0 Å². The second-order valence-corrected chi connectivity index (χ2v) is 7.66. The second-order valence-electron chi connectivity index (χ2n) is 6.31. The van der Waals surface area contributed by atoms with Gasteiger partial charge in [0.1, 0.15) is 0 Å². The van der Waals surface area contributed by atoms with Crippen molar-refractivity contribution < 1.29 is 9.32 Å². The number of para-hydroxylation sites is 1. The van der Waals surface area contributed by atoms with Gasteiger partial charge in [-0.2, -0.15) is 4.98 Å². The van der Waals surface area contributed by atoms with E-state index in [-0.39, 0.29) is 5.91 Å². The topological polar surface area (TPSA) is 62.5 Å². The lowest BCUT2D eigenvalue weighted by Gasteiger charge is -2.36. The van der Waals surface area contributed by atoms with Crippen molar-refractivity contribution in [2.24, 2.45) is 0 Å². The Morgan fingerprint density at radius 2 is 1.96 bits per heavy atom. The van der Waals surface area contributed by atoms with E-state index in [1.54, 1.807) is 11.3 Å². The first kappa shape index (κ1) is 18.0. The number of aryl methyl sites for hydroxylation is 1. The van der Waals surface area contributed by atoms with E-state index in [4.69, 9.17) is 16.1 Å². The molecule has 3 heterocycles. The highest BCUT2D eigenvalue weighted by molar-refractivity contribution is 7.13. The number of hydrogen-bond acceptors (Lipinski definition) is 6. The molecule has 0 aliphatic carbocycles. The molecule has 0 N–H and O–H groups in total. The molecule has 0 bridgehead atoms. The van der Waals surface area contributed by atoms with E-state index >= 15 is 0 Å². The van der Waals surface area contributed by atoms with Crippen LogP contribution in [0.3, 0.4) is 0 Å². The molecule has 1 saturated heterocycles. The quantitative estimate of drug-likeness (QED) is 0.650. The van der Waals surface area contributed by atoms with Crippen molar-refractivity contribution in [3.8, 4) is 10.7 Å². The standard InChI is InChI=1S/C19H19ClN4O2S/c20-14-4-1-2-5-15(14)23-9-11-24(12-10-23)18(25)8-7-17-21-19(22-26-17)16-6-3-13-27-16/h1-6,13H,7-12H2. The van der Waals surface area contributed by atoms with Gasteiger partial charge in [0.05, 0.1) is 15.6 Å². The Bertz CT molecular complexity index is 904. The average Bonchev–Trinajstić information content (AvgIpc) is 3.38. The fraction of sp³-hybridized carbons (Fsp3) is 0.316. The van der Waals surface area contributed by atoms with Gasteiger partial charge in [-0.05, 0) is 23.6 Å². The van der Waals surface area contributed by atoms with Crippen LogP contribution in [0, 0.1) is 0 Å². The summed E-state index contributed by atoms with van der Waals surface area (Å²) in [4.78, 5) is 22.0. The minimum absolute atomic E-state index is 0.115. The van der Waals surface area contributed by atoms with E-state index in [2.05, 4.69) is 15.0 Å². The third-order valence-electron chi connectivity index (χ3n) is 4.59. The molecule has 1 aromatic carbocycles. The smallest absolute Gasteiger partial charge is 0.227 e. The molecule has 27 heavy (non-hydrogen) atoms. The second kappa shape index (κ2) is 8.10. The third kappa shape index (κ3) is 4.14. The zero-order valence-electron chi connectivity index (χ0n) is 14.7. The molecule has 0 unspecified atom stereocenters. The zero-order chi connectivity index (χ0) is 18.6. The van der Waals surface area contributed by atoms with Gasteiger partial charge in [0.15, 0.2) is 0 Å². The number of benzene rings is 1. The van der Waals surface area contributed by atoms with Crippen molar-refractivity contribution in [1.82, 2.24) is 15.0 Å². The number of carbonyl (C=O) groups excluding carboxylic acids is 1. The summed E-state index contributed by atoms with van der Waals surface area (Å²) in [5.74, 6) is 1.20. The summed E-state index contributed by atoms with van der Waals surface area (Å²) in [6.45, 7) is 2.93. The van der Waals surface area contributed by atoms with Crippen molar-refractivity contribution in [1.29, 1.82) is 0 Å². The highest BCUT2D eigenvalue weighted by Crippen LogP contribution is 2.26. The summed E-state index contributed by atoms with van der Waals surface area (Å²) < 4.78 is 5.27. The van der Waals surface area contributed by atoms with Crippen LogP contribution in [0.2, 0.25) is 5.02 Å². The van der Waals surface area contributed by atoms with Crippen LogP contribution in [-0.4, -0.2) is 47.1 Å². The summed E-state index contributed by atoms with van der Waals surface area (Å²) in [7, 11) is 0. The molecular weight excluding hydrogens is 384 g/mol. The van der Waals surface area contributed by atoms with Crippen molar-refractivity contribution in [3.05, 3.63) is 52.7 Å². The molecule has 0 atom stereocenters. The number of aromatic nitrogens is 2. The van der Waals surface area contributed by atoms with E-state index in [0.29, 0.717) is 37.6 Å². The van der Waals surface area contributed by atoms with Crippen LogP contribution in [0.15, 0.2) is 46.3 Å². The minimum atomic E-state index is 0.115. The van der Waals surface area contributed by atoms with Gasteiger partial charge >= 0.3 is 0 Å².